The largest absolute Gasteiger partial charge is 0.484 e. The van der Waals surface area contributed by atoms with Crippen LogP contribution < -0.4 is 10.1 Å². The number of ether oxygens (including phenoxy) is 2. The molecule has 0 unspecified atom stereocenters. The molecule has 1 N–H and O–H groups in total. The molecule has 0 heterocycles. The first kappa shape index (κ1) is 16.8. The zero-order chi connectivity index (χ0) is 15.8. The lowest BCUT2D eigenvalue weighted by Crippen LogP contribution is -2.30. The van der Waals surface area contributed by atoms with Crippen LogP contribution in [0.2, 0.25) is 0 Å². The molecule has 0 aliphatic heterocycles. The molecular weight excluding hydrogens is 278 g/mol. The van der Waals surface area contributed by atoms with Gasteiger partial charge in [0, 0.05) is 19.8 Å². The molecule has 0 spiro atoms. The molecule has 0 saturated heterocycles. The monoisotopic (exact) mass is 305 g/mol. The van der Waals surface area contributed by atoms with Crippen LogP contribution in [0.4, 0.5) is 0 Å². The van der Waals surface area contributed by atoms with E-state index in [4.69, 9.17) is 9.47 Å². The van der Waals surface area contributed by atoms with E-state index in [1.807, 2.05) is 24.3 Å². The van der Waals surface area contributed by atoms with Crippen molar-refractivity contribution < 1.29 is 14.3 Å². The first-order valence-corrected chi connectivity index (χ1v) is 8.22. The fourth-order valence-electron chi connectivity index (χ4n) is 2.09. The highest BCUT2D eigenvalue weighted by Crippen LogP contribution is 2.28. The number of benzene rings is 1. The lowest BCUT2D eigenvalue weighted by Gasteiger charge is -2.09. The Kier molecular flexibility index (Phi) is 6.72. The Balaban J connectivity index is 1.52. The van der Waals surface area contributed by atoms with Gasteiger partial charge in [0.15, 0.2) is 6.61 Å². The van der Waals surface area contributed by atoms with E-state index in [9.17, 15) is 4.79 Å². The zero-order valence-corrected chi connectivity index (χ0v) is 13.6. The third-order valence-electron chi connectivity index (χ3n) is 3.75. The molecular formula is C18H27NO3. The topological polar surface area (TPSA) is 47.6 Å². The van der Waals surface area contributed by atoms with Crippen LogP contribution in [-0.4, -0.2) is 32.3 Å². The Morgan fingerprint density at radius 2 is 2.00 bits per heavy atom. The van der Waals surface area contributed by atoms with E-state index in [-0.39, 0.29) is 12.5 Å². The van der Waals surface area contributed by atoms with Crippen molar-refractivity contribution in [2.75, 3.05) is 26.4 Å². The van der Waals surface area contributed by atoms with Crippen LogP contribution in [-0.2, 0) is 9.53 Å². The Morgan fingerprint density at radius 3 is 2.64 bits per heavy atom. The average molecular weight is 305 g/mol. The number of hydrogen-bond acceptors (Lipinski definition) is 3. The molecule has 0 bridgehead atoms. The van der Waals surface area contributed by atoms with E-state index in [1.54, 1.807) is 0 Å². The van der Waals surface area contributed by atoms with Crippen LogP contribution in [0.3, 0.4) is 0 Å². The van der Waals surface area contributed by atoms with Gasteiger partial charge < -0.3 is 14.8 Å². The third-order valence-corrected chi connectivity index (χ3v) is 3.75. The van der Waals surface area contributed by atoms with Gasteiger partial charge in [0.1, 0.15) is 5.75 Å². The van der Waals surface area contributed by atoms with E-state index in [2.05, 4.69) is 19.2 Å². The predicted molar refractivity (Wildman–Crippen MR) is 87.2 cm³/mol. The summed E-state index contributed by atoms with van der Waals surface area (Å²) in [4.78, 5) is 11.7. The van der Waals surface area contributed by atoms with Crippen molar-refractivity contribution in [2.24, 2.45) is 5.92 Å². The van der Waals surface area contributed by atoms with Gasteiger partial charge in [0.2, 0.25) is 0 Å². The van der Waals surface area contributed by atoms with Crippen LogP contribution in [0.1, 0.15) is 44.6 Å². The molecule has 0 radical (unpaired) electrons. The molecule has 1 amide bonds. The summed E-state index contributed by atoms with van der Waals surface area (Å²) in [5, 5.41) is 2.84. The maximum Gasteiger partial charge on any atom is 0.257 e. The first-order valence-electron chi connectivity index (χ1n) is 8.22. The standard InChI is InChI=1S/C18H27NO3/c1-14(2)16-6-8-17(9-7-16)22-13-18(20)19-10-3-11-21-12-15-4-5-15/h6-9,14-15H,3-5,10-13H2,1-2H3,(H,19,20). The van der Waals surface area contributed by atoms with Gasteiger partial charge in [-0.3, -0.25) is 4.79 Å². The minimum Gasteiger partial charge on any atom is -0.484 e. The summed E-state index contributed by atoms with van der Waals surface area (Å²) in [7, 11) is 0. The summed E-state index contributed by atoms with van der Waals surface area (Å²) in [6.07, 6.45) is 3.47. The van der Waals surface area contributed by atoms with E-state index in [0.717, 1.165) is 24.7 Å². The van der Waals surface area contributed by atoms with Gasteiger partial charge in [-0.2, -0.15) is 0 Å². The first-order chi connectivity index (χ1) is 10.6. The van der Waals surface area contributed by atoms with Gasteiger partial charge in [-0.1, -0.05) is 26.0 Å². The van der Waals surface area contributed by atoms with Crippen LogP contribution in [0.5, 0.6) is 5.75 Å². The molecule has 2 rings (SSSR count). The van der Waals surface area contributed by atoms with Crippen molar-refractivity contribution in [3.63, 3.8) is 0 Å². The number of rotatable bonds is 10. The van der Waals surface area contributed by atoms with E-state index >= 15 is 0 Å². The highest BCUT2D eigenvalue weighted by molar-refractivity contribution is 5.77. The Morgan fingerprint density at radius 1 is 1.27 bits per heavy atom. The molecule has 22 heavy (non-hydrogen) atoms. The summed E-state index contributed by atoms with van der Waals surface area (Å²) in [6.45, 7) is 6.59. The normalized spacial score (nSPS) is 14.1. The highest BCUT2D eigenvalue weighted by Gasteiger charge is 2.20. The molecule has 1 aliphatic rings. The number of hydrogen-bond donors (Lipinski definition) is 1. The van der Waals surface area contributed by atoms with E-state index < -0.39 is 0 Å². The second-order valence-corrected chi connectivity index (χ2v) is 6.23. The zero-order valence-electron chi connectivity index (χ0n) is 13.6. The lowest BCUT2D eigenvalue weighted by atomic mass is 10.0. The average Bonchev–Trinajstić information content (AvgIpc) is 3.33. The lowest BCUT2D eigenvalue weighted by molar-refractivity contribution is -0.123. The van der Waals surface area contributed by atoms with Crippen molar-refractivity contribution in [2.45, 2.75) is 39.0 Å². The maximum atomic E-state index is 11.7. The molecule has 122 valence electrons. The minimum atomic E-state index is -0.0878. The minimum absolute atomic E-state index is 0.0595. The predicted octanol–water partition coefficient (Wildman–Crippen LogP) is 3.12. The van der Waals surface area contributed by atoms with Crippen LogP contribution >= 0.6 is 0 Å². The van der Waals surface area contributed by atoms with Gasteiger partial charge in [0.05, 0.1) is 0 Å². The van der Waals surface area contributed by atoms with Gasteiger partial charge in [0.25, 0.3) is 5.91 Å². The molecule has 1 aromatic rings. The number of carbonyl (C=O) groups excluding carboxylic acids is 1. The highest BCUT2D eigenvalue weighted by atomic mass is 16.5. The number of amides is 1. The van der Waals surface area contributed by atoms with Crippen LogP contribution in [0.15, 0.2) is 24.3 Å². The Labute approximate surface area is 133 Å². The number of carbonyl (C=O) groups is 1. The molecule has 4 heteroatoms. The summed E-state index contributed by atoms with van der Waals surface area (Å²) in [5.74, 6) is 1.94. The Hall–Kier alpha value is -1.55. The summed E-state index contributed by atoms with van der Waals surface area (Å²) in [6, 6.07) is 7.90. The summed E-state index contributed by atoms with van der Waals surface area (Å²) >= 11 is 0. The second kappa shape index (κ2) is 8.79. The second-order valence-electron chi connectivity index (χ2n) is 6.23. The number of nitrogens with one attached hydrogen (secondary N) is 1. The Bertz CT molecular complexity index is 452. The van der Waals surface area contributed by atoms with Crippen molar-refractivity contribution in [1.29, 1.82) is 0 Å². The van der Waals surface area contributed by atoms with Crippen molar-refractivity contribution in [3.8, 4) is 5.75 Å². The van der Waals surface area contributed by atoms with Crippen LogP contribution in [0.25, 0.3) is 0 Å². The van der Waals surface area contributed by atoms with Crippen molar-refractivity contribution in [3.05, 3.63) is 29.8 Å². The molecule has 1 aliphatic carbocycles. The molecule has 1 fully saturated rings. The van der Waals surface area contributed by atoms with E-state index in [0.29, 0.717) is 19.1 Å². The SMILES string of the molecule is CC(C)c1ccc(OCC(=O)NCCCOCC2CC2)cc1. The molecule has 1 saturated carbocycles. The van der Waals surface area contributed by atoms with Gasteiger partial charge in [-0.15, -0.1) is 0 Å². The molecule has 0 aromatic heterocycles. The smallest absolute Gasteiger partial charge is 0.257 e. The molecule has 4 nitrogen and oxygen atoms in total. The molecule has 0 atom stereocenters. The summed E-state index contributed by atoms with van der Waals surface area (Å²) < 4.78 is 11.0. The fourth-order valence-corrected chi connectivity index (χ4v) is 2.09. The summed E-state index contributed by atoms with van der Waals surface area (Å²) in [5.41, 5.74) is 1.27. The third kappa shape index (κ3) is 6.48. The van der Waals surface area contributed by atoms with Crippen molar-refractivity contribution >= 4 is 5.91 Å². The fraction of sp³-hybridized carbons (Fsp3) is 0.611. The van der Waals surface area contributed by atoms with E-state index in [1.165, 1.54) is 18.4 Å². The van der Waals surface area contributed by atoms with Crippen molar-refractivity contribution in [1.82, 2.24) is 5.32 Å². The van der Waals surface area contributed by atoms with Gasteiger partial charge in [-0.25, -0.2) is 0 Å². The quantitative estimate of drug-likeness (QED) is 0.676. The van der Waals surface area contributed by atoms with Gasteiger partial charge >= 0.3 is 0 Å². The van der Waals surface area contributed by atoms with Crippen LogP contribution in [0, 0.1) is 5.92 Å². The van der Waals surface area contributed by atoms with Gasteiger partial charge in [-0.05, 0) is 48.8 Å². The molecule has 1 aromatic carbocycles. The maximum absolute atomic E-state index is 11.7.